The first-order chi connectivity index (χ1) is 8.06. The summed E-state index contributed by atoms with van der Waals surface area (Å²) in [5.41, 5.74) is 0. The molecule has 0 saturated heterocycles. The predicted octanol–water partition coefficient (Wildman–Crippen LogP) is 4.68. The molecule has 6 heteroatoms. The SMILES string of the molecule is Fc1ccc(Br)cc1Oc1ncc(Br)cc1F. The molecule has 1 aromatic carbocycles. The van der Waals surface area contributed by atoms with Crippen LogP contribution >= 0.6 is 31.9 Å². The molecule has 0 bridgehead atoms. The van der Waals surface area contributed by atoms with Crippen molar-refractivity contribution in [3.63, 3.8) is 0 Å². The van der Waals surface area contributed by atoms with Crippen LogP contribution < -0.4 is 4.74 Å². The number of benzene rings is 1. The zero-order valence-corrected chi connectivity index (χ0v) is 11.4. The van der Waals surface area contributed by atoms with E-state index in [4.69, 9.17) is 4.74 Å². The zero-order chi connectivity index (χ0) is 12.4. The Morgan fingerprint density at radius 2 is 1.76 bits per heavy atom. The second kappa shape index (κ2) is 5.10. The minimum absolute atomic E-state index is 0.0897. The van der Waals surface area contributed by atoms with E-state index in [2.05, 4.69) is 36.8 Å². The van der Waals surface area contributed by atoms with E-state index >= 15 is 0 Å². The standard InChI is InChI=1S/C11H5Br2F2NO/c12-6-1-2-8(14)10(4-6)17-11-9(15)3-7(13)5-16-11/h1-5H. The Kier molecular flexibility index (Phi) is 3.73. The first-order valence-corrected chi connectivity index (χ1v) is 6.09. The van der Waals surface area contributed by atoms with Crippen LogP contribution in [-0.4, -0.2) is 4.98 Å². The molecule has 0 unspecified atom stereocenters. The number of halogens is 4. The molecule has 0 N–H and O–H groups in total. The van der Waals surface area contributed by atoms with Crippen molar-refractivity contribution in [2.45, 2.75) is 0 Å². The maximum absolute atomic E-state index is 13.4. The lowest BCUT2D eigenvalue weighted by Gasteiger charge is -2.07. The molecule has 1 aromatic heterocycles. The van der Waals surface area contributed by atoms with Gasteiger partial charge in [-0.25, -0.2) is 13.8 Å². The molecule has 88 valence electrons. The summed E-state index contributed by atoms with van der Waals surface area (Å²) in [4.78, 5) is 3.72. The fourth-order valence-electron chi connectivity index (χ4n) is 1.14. The molecule has 2 rings (SSSR count). The topological polar surface area (TPSA) is 22.1 Å². The largest absolute Gasteiger partial charge is 0.433 e. The third-order valence-electron chi connectivity index (χ3n) is 1.87. The van der Waals surface area contributed by atoms with Gasteiger partial charge in [0, 0.05) is 15.1 Å². The average Bonchev–Trinajstić information content (AvgIpc) is 2.27. The molecule has 2 aromatic rings. The maximum atomic E-state index is 13.4. The van der Waals surface area contributed by atoms with Crippen molar-refractivity contribution in [1.82, 2.24) is 4.98 Å². The van der Waals surface area contributed by atoms with Gasteiger partial charge >= 0.3 is 0 Å². The van der Waals surface area contributed by atoms with E-state index in [1.165, 1.54) is 30.5 Å². The Labute approximate surface area is 113 Å². The van der Waals surface area contributed by atoms with Gasteiger partial charge in [-0.05, 0) is 40.2 Å². The van der Waals surface area contributed by atoms with E-state index in [1.807, 2.05) is 0 Å². The number of hydrogen-bond acceptors (Lipinski definition) is 2. The molecule has 2 nitrogen and oxygen atoms in total. The number of hydrogen-bond donors (Lipinski definition) is 0. The number of aromatic nitrogens is 1. The summed E-state index contributed by atoms with van der Waals surface area (Å²) in [5, 5.41) is 0. The summed E-state index contributed by atoms with van der Waals surface area (Å²) in [6, 6.07) is 5.33. The van der Waals surface area contributed by atoms with Crippen molar-refractivity contribution in [2.75, 3.05) is 0 Å². The van der Waals surface area contributed by atoms with Gasteiger partial charge in [0.2, 0.25) is 0 Å². The van der Waals surface area contributed by atoms with Gasteiger partial charge in [0.25, 0.3) is 5.88 Å². The summed E-state index contributed by atoms with van der Waals surface area (Å²) in [6.45, 7) is 0. The van der Waals surface area contributed by atoms with Crippen molar-refractivity contribution in [1.29, 1.82) is 0 Å². The summed E-state index contributed by atoms with van der Waals surface area (Å²) in [7, 11) is 0. The van der Waals surface area contributed by atoms with Crippen molar-refractivity contribution >= 4 is 31.9 Å². The highest BCUT2D eigenvalue weighted by atomic mass is 79.9. The molecule has 0 radical (unpaired) electrons. The lowest BCUT2D eigenvalue weighted by Crippen LogP contribution is -1.94. The van der Waals surface area contributed by atoms with E-state index in [0.29, 0.717) is 8.95 Å². The van der Waals surface area contributed by atoms with Gasteiger partial charge in [-0.3, -0.25) is 0 Å². The number of ether oxygens (including phenoxy) is 1. The van der Waals surface area contributed by atoms with Crippen molar-refractivity contribution in [2.24, 2.45) is 0 Å². The van der Waals surface area contributed by atoms with Gasteiger partial charge in [-0.2, -0.15) is 0 Å². The van der Waals surface area contributed by atoms with Crippen LogP contribution in [0.25, 0.3) is 0 Å². The van der Waals surface area contributed by atoms with Crippen LogP contribution in [0, 0.1) is 11.6 Å². The monoisotopic (exact) mass is 363 g/mol. The molecule has 17 heavy (non-hydrogen) atoms. The van der Waals surface area contributed by atoms with Crippen molar-refractivity contribution < 1.29 is 13.5 Å². The lowest BCUT2D eigenvalue weighted by atomic mass is 10.3. The van der Waals surface area contributed by atoms with E-state index in [1.54, 1.807) is 0 Å². The Balaban J connectivity index is 2.34. The molecule has 0 spiro atoms. The van der Waals surface area contributed by atoms with Crippen molar-refractivity contribution in [3.8, 4) is 11.6 Å². The molecule has 0 amide bonds. The van der Waals surface area contributed by atoms with Gasteiger partial charge in [0.15, 0.2) is 17.4 Å². The second-order valence-electron chi connectivity index (χ2n) is 3.12. The molecule has 0 aliphatic heterocycles. The van der Waals surface area contributed by atoms with Crippen molar-refractivity contribution in [3.05, 3.63) is 51.0 Å². The Hall–Kier alpha value is -1.01. The normalized spacial score (nSPS) is 10.4. The highest BCUT2D eigenvalue weighted by Gasteiger charge is 2.10. The van der Waals surface area contributed by atoms with E-state index in [-0.39, 0.29) is 11.6 Å². The highest BCUT2D eigenvalue weighted by Crippen LogP contribution is 2.28. The van der Waals surface area contributed by atoms with Crippen LogP contribution in [0.5, 0.6) is 11.6 Å². The third-order valence-corrected chi connectivity index (χ3v) is 2.80. The minimum atomic E-state index is -0.668. The summed E-state index contributed by atoms with van der Waals surface area (Å²) >= 11 is 6.24. The van der Waals surface area contributed by atoms with Crippen LogP contribution in [0.4, 0.5) is 8.78 Å². The van der Waals surface area contributed by atoms with Gasteiger partial charge in [-0.1, -0.05) is 15.9 Å². The maximum Gasteiger partial charge on any atom is 0.256 e. The fourth-order valence-corrected chi connectivity index (χ4v) is 1.78. The molecular formula is C11H5Br2F2NO. The Morgan fingerprint density at radius 3 is 2.47 bits per heavy atom. The van der Waals surface area contributed by atoms with Crippen LogP contribution in [-0.2, 0) is 0 Å². The Bertz CT molecular complexity index is 563. The quantitative estimate of drug-likeness (QED) is 0.772. The molecule has 1 heterocycles. The average molecular weight is 365 g/mol. The molecule has 0 atom stereocenters. The van der Waals surface area contributed by atoms with Gasteiger partial charge in [0.05, 0.1) is 0 Å². The molecule has 0 fully saturated rings. The highest BCUT2D eigenvalue weighted by molar-refractivity contribution is 9.10. The summed E-state index contributed by atoms with van der Waals surface area (Å²) in [5.74, 6) is -1.62. The van der Waals surface area contributed by atoms with Crippen LogP contribution in [0.2, 0.25) is 0 Å². The number of rotatable bonds is 2. The van der Waals surface area contributed by atoms with Crippen LogP contribution in [0.1, 0.15) is 0 Å². The van der Waals surface area contributed by atoms with E-state index < -0.39 is 11.6 Å². The minimum Gasteiger partial charge on any atom is -0.433 e. The summed E-state index contributed by atoms with van der Waals surface area (Å²) in [6.07, 6.45) is 1.37. The fraction of sp³-hybridized carbons (Fsp3) is 0. The second-order valence-corrected chi connectivity index (χ2v) is 4.95. The van der Waals surface area contributed by atoms with Crippen LogP contribution in [0.3, 0.4) is 0 Å². The van der Waals surface area contributed by atoms with Gasteiger partial charge < -0.3 is 4.74 Å². The number of pyridine rings is 1. The first-order valence-electron chi connectivity index (χ1n) is 4.50. The summed E-state index contributed by atoms with van der Waals surface area (Å²) < 4.78 is 33.0. The third kappa shape index (κ3) is 3.01. The zero-order valence-electron chi connectivity index (χ0n) is 8.25. The molecule has 0 aliphatic carbocycles. The smallest absolute Gasteiger partial charge is 0.256 e. The van der Waals surface area contributed by atoms with E-state index in [9.17, 15) is 8.78 Å². The van der Waals surface area contributed by atoms with Gasteiger partial charge in [0.1, 0.15) is 0 Å². The molecule has 0 aliphatic rings. The lowest BCUT2D eigenvalue weighted by molar-refractivity contribution is 0.398. The molecule has 0 saturated carbocycles. The Morgan fingerprint density at radius 1 is 1.00 bits per heavy atom. The predicted molar refractivity (Wildman–Crippen MR) is 66.1 cm³/mol. The molecular weight excluding hydrogens is 360 g/mol. The van der Waals surface area contributed by atoms with E-state index in [0.717, 1.165) is 0 Å². The van der Waals surface area contributed by atoms with Gasteiger partial charge in [-0.15, -0.1) is 0 Å². The van der Waals surface area contributed by atoms with Crippen LogP contribution in [0.15, 0.2) is 39.4 Å². The number of nitrogens with zero attached hydrogens (tertiary/aromatic N) is 1. The first kappa shape index (κ1) is 12.4.